The zero-order chi connectivity index (χ0) is 25.3. The summed E-state index contributed by atoms with van der Waals surface area (Å²) in [5, 5.41) is 20.9. The summed E-state index contributed by atoms with van der Waals surface area (Å²) in [6.45, 7) is 3.14. The second-order valence-electron chi connectivity index (χ2n) is 8.96. The molecule has 4 heterocycles. The Kier molecular flexibility index (Phi) is 5.30. The van der Waals surface area contributed by atoms with Crippen LogP contribution in [0.15, 0.2) is 23.1 Å². The third-order valence-electron chi connectivity index (χ3n) is 6.92. The maximum absolute atomic E-state index is 14.1. The first-order valence-corrected chi connectivity index (χ1v) is 12.2. The Bertz CT molecular complexity index is 1430. The third kappa shape index (κ3) is 3.48. The molecule has 1 aliphatic carbocycles. The van der Waals surface area contributed by atoms with Crippen molar-refractivity contribution in [1.29, 1.82) is 0 Å². The Morgan fingerprint density at radius 2 is 1.94 bits per heavy atom. The fourth-order valence-corrected chi connectivity index (χ4v) is 5.88. The number of rotatable bonds is 5. The molecule has 2 aromatic heterocycles. The molecule has 0 radical (unpaired) electrons. The second kappa shape index (κ2) is 8.30. The van der Waals surface area contributed by atoms with E-state index < -0.39 is 34.5 Å². The van der Waals surface area contributed by atoms with E-state index >= 15 is 0 Å². The highest BCUT2D eigenvalue weighted by molar-refractivity contribution is 7.14. The fourth-order valence-electron chi connectivity index (χ4n) is 5.02. The van der Waals surface area contributed by atoms with Gasteiger partial charge in [-0.05, 0) is 13.3 Å². The molecular formula is C23H20F3N5O4S. The van der Waals surface area contributed by atoms with E-state index in [1.165, 1.54) is 15.8 Å². The van der Waals surface area contributed by atoms with E-state index in [1.807, 2.05) is 11.9 Å². The summed E-state index contributed by atoms with van der Waals surface area (Å²) in [5.41, 5.74) is -1.32. The monoisotopic (exact) mass is 519 g/mol. The van der Waals surface area contributed by atoms with Crippen LogP contribution in [-0.4, -0.2) is 62.8 Å². The van der Waals surface area contributed by atoms with Crippen molar-refractivity contribution >= 4 is 17.2 Å². The quantitative estimate of drug-likeness (QED) is 0.552. The van der Waals surface area contributed by atoms with Crippen molar-refractivity contribution in [2.75, 3.05) is 24.8 Å². The van der Waals surface area contributed by atoms with Gasteiger partial charge in [-0.25, -0.2) is 13.2 Å². The molecule has 1 saturated carbocycles. The van der Waals surface area contributed by atoms with Crippen molar-refractivity contribution in [3.8, 4) is 16.3 Å². The molecule has 9 nitrogen and oxygen atoms in total. The van der Waals surface area contributed by atoms with Gasteiger partial charge in [0.05, 0.1) is 17.7 Å². The van der Waals surface area contributed by atoms with Crippen molar-refractivity contribution < 1.29 is 27.8 Å². The van der Waals surface area contributed by atoms with Gasteiger partial charge in [0.25, 0.3) is 5.91 Å². The van der Waals surface area contributed by atoms with Crippen LogP contribution in [0.1, 0.15) is 34.4 Å². The van der Waals surface area contributed by atoms with Crippen molar-refractivity contribution in [3.63, 3.8) is 0 Å². The van der Waals surface area contributed by atoms with Gasteiger partial charge in [0.1, 0.15) is 29.1 Å². The van der Waals surface area contributed by atoms with Crippen molar-refractivity contribution in [2.24, 2.45) is 5.92 Å². The summed E-state index contributed by atoms with van der Waals surface area (Å²) in [5.74, 6) is -4.02. The number of carbonyl (C=O) groups is 1. The maximum Gasteiger partial charge on any atom is 0.277 e. The lowest BCUT2D eigenvalue weighted by Gasteiger charge is -2.40. The summed E-state index contributed by atoms with van der Waals surface area (Å²) in [6, 6.07) is 1.15. The zero-order valence-electron chi connectivity index (χ0n) is 18.9. The molecule has 188 valence electrons. The standard InChI is InChI=1S/C23H20F3N5O4S/c1-2-29-9-31(17-11-3-4-35-21(11)17)30-8-13(19(32)20(33)18(30)23(29)34)22-28-27-16(36-22)7-12-14(25)5-10(24)6-15(12)26/h5-6,8,11,17,21,33H,2-4,7,9H2,1H3. The molecule has 36 heavy (non-hydrogen) atoms. The Morgan fingerprint density at radius 3 is 2.61 bits per heavy atom. The Hall–Kier alpha value is -3.45. The number of carbonyl (C=O) groups excluding carboxylic acids is 1. The molecule has 13 heteroatoms. The van der Waals surface area contributed by atoms with Crippen LogP contribution in [0.2, 0.25) is 0 Å². The summed E-state index contributed by atoms with van der Waals surface area (Å²) < 4.78 is 48.7. The van der Waals surface area contributed by atoms with Gasteiger partial charge in [0.15, 0.2) is 16.5 Å². The summed E-state index contributed by atoms with van der Waals surface area (Å²) in [6.07, 6.45) is 2.05. The first-order chi connectivity index (χ1) is 17.3. The van der Waals surface area contributed by atoms with E-state index in [1.54, 1.807) is 0 Å². The molecule has 3 atom stereocenters. The van der Waals surface area contributed by atoms with Crippen LogP contribution in [0.4, 0.5) is 13.2 Å². The van der Waals surface area contributed by atoms with Crippen LogP contribution in [0.3, 0.4) is 0 Å². The number of fused-ring (bicyclic) bond motifs is 2. The SMILES string of the molecule is CCN1CN(C2C3CCOC32)n2cc(-c3nnc(Cc4c(F)cc(F)cc4F)s3)c(=O)c(O)c2C1=O. The van der Waals surface area contributed by atoms with Gasteiger partial charge >= 0.3 is 0 Å². The van der Waals surface area contributed by atoms with Crippen LogP contribution in [0, 0.1) is 23.4 Å². The van der Waals surface area contributed by atoms with Gasteiger partial charge in [-0.2, -0.15) is 0 Å². The lowest BCUT2D eigenvalue weighted by molar-refractivity contribution is 0.0678. The predicted molar refractivity (Wildman–Crippen MR) is 122 cm³/mol. The van der Waals surface area contributed by atoms with E-state index in [9.17, 15) is 27.9 Å². The van der Waals surface area contributed by atoms with E-state index in [2.05, 4.69) is 10.2 Å². The Morgan fingerprint density at radius 1 is 1.19 bits per heavy atom. The van der Waals surface area contributed by atoms with Crippen molar-refractivity contribution in [3.05, 3.63) is 62.3 Å². The average molecular weight is 520 g/mol. The molecule has 1 N–H and O–H groups in total. The molecule has 6 rings (SSSR count). The smallest absolute Gasteiger partial charge is 0.277 e. The molecule has 3 aromatic rings. The van der Waals surface area contributed by atoms with E-state index in [0.29, 0.717) is 31.2 Å². The topological polar surface area (TPSA) is 101 Å². The summed E-state index contributed by atoms with van der Waals surface area (Å²) in [7, 11) is 0. The summed E-state index contributed by atoms with van der Waals surface area (Å²) >= 11 is 0.912. The maximum atomic E-state index is 14.1. The average Bonchev–Trinajstić information content (AvgIpc) is 3.17. The van der Waals surface area contributed by atoms with Gasteiger partial charge in [-0.1, -0.05) is 11.3 Å². The van der Waals surface area contributed by atoms with Gasteiger partial charge in [0.2, 0.25) is 5.43 Å². The first kappa shape index (κ1) is 23.0. The van der Waals surface area contributed by atoms with Crippen molar-refractivity contribution in [1.82, 2.24) is 19.8 Å². The molecule has 2 aliphatic heterocycles. The highest BCUT2D eigenvalue weighted by Crippen LogP contribution is 2.46. The number of amides is 1. The number of ether oxygens (including phenoxy) is 1. The number of pyridine rings is 1. The second-order valence-corrected chi connectivity index (χ2v) is 10.0. The Balaban J connectivity index is 1.39. The number of hydrogen-bond acceptors (Lipinski definition) is 8. The van der Waals surface area contributed by atoms with Crippen molar-refractivity contribution in [2.45, 2.75) is 31.9 Å². The van der Waals surface area contributed by atoms with Gasteiger partial charge in [-0.3, -0.25) is 19.3 Å². The molecule has 0 spiro atoms. The highest BCUT2D eigenvalue weighted by Gasteiger charge is 2.59. The lowest BCUT2D eigenvalue weighted by atomic mass is 10.1. The number of hydrogen-bond donors (Lipinski definition) is 1. The van der Waals surface area contributed by atoms with E-state index in [0.717, 1.165) is 17.8 Å². The van der Waals surface area contributed by atoms with Crippen LogP contribution in [0.25, 0.3) is 10.6 Å². The normalized spacial score (nSPS) is 22.7. The minimum Gasteiger partial charge on any atom is -0.502 e. The zero-order valence-corrected chi connectivity index (χ0v) is 19.8. The number of benzene rings is 1. The molecule has 1 saturated heterocycles. The Labute approximate surface area is 206 Å². The number of nitrogens with zero attached hydrogens (tertiary/aromatic N) is 5. The van der Waals surface area contributed by atoms with Crippen LogP contribution < -0.4 is 10.4 Å². The summed E-state index contributed by atoms with van der Waals surface area (Å²) in [4.78, 5) is 27.6. The highest BCUT2D eigenvalue weighted by atomic mass is 32.1. The number of halogens is 3. The van der Waals surface area contributed by atoms with Gasteiger partial charge in [0, 0.05) is 49.4 Å². The van der Waals surface area contributed by atoms with Crippen LogP contribution >= 0.6 is 11.3 Å². The van der Waals surface area contributed by atoms with E-state index in [4.69, 9.17) is 4.74 Å². The van der Waals surface area contributed by atoms with Gasteiger partial charge in [-0.15, -0.1) is 10.2 Å². The predicted octanol–water partition coefficient (Wildman–Crippen LogP) is 2.24. The van der Waals surface area contributed by atoms with Gasteiger partial charge < -0.3 is 14.7 Å². The molecule has 3 aliphatic rings. The fraction of sp³-hybridized carbons (Fsp3) is 0.391. The lowest BCUT2D eigenvalue weighted by Crippen LogP contribution is -2.56. The van der Waals surface area contributed by atoms with Crippen LogP contribution in [0.5, 0.6) is 5.75 Å². The molecule has 3 unspecified atom stereocenters. The third-order valence-corrected chi connectivity index (χ3v) is 7.88. The molecule has 1 aromatic carbocycles. The largest absolute Gasteiger partial charge is 0.502 e. The van der Waals surface area contributed by atoms with Crippen LogP contribution in [-0.2, 0) is 11.2 Å². The minimum atomic E-state index is -1.05. The molecule has 2 fully saturated rings. The molecule has 0 bridgehead atoms. The van der Waals surface area contributed by atoms with E-state index in [-0.39, 0.29) is 52.1 Å². The number of aromatic nitrogens is 3. The number of aromatic hydroxyl groups is 1. The molecular weight excluding hydrogens is 499 g/mol. The minimum absolute atomic E-state index is 0.00507. The first-order valence-electron chi connectivity index (χ1n) is 11.4. The molecule has 1 amide bonds.